The molecule has 0 aliphatic heterocycles. The molecule has 0 atom stereocenters. The molecule has 0 unspecified atom stereocenters. The fourth-order valence-corrected chi connectivity index (χ4v) is 2.46. The summed E-state index contributed by atoms with van der Waals surface area (Å²) in [6, 6.07) is 9.82. The Labute approximate surface area is 133 Å². The third-order valence-corrected chi connectivity index (χ3v) is 3.71. The van der Waals surface area contributed by atoms with Crippen LogP contribution in [0.25, 0.3) is 22.3 Å². The van der Waals surface area contributed by atoms with Crippen LogP contribution in [0.4, 0.5) is 0 Å². The molecular weight excluding hydrogens is 292 g/mol. The zero-order valence-corrected chi connectivity index (χ0v) is 13.0. The Morgan fingerprint density at radius 1 is 1.00 bits per heavy atom. The lowest BCUT2D eigenvalue weighted by Crippen LogP contribution is -1.87. The monoisotopic (exact) mass is 310 g/mol. The maximum absolute atomic E-state index is 10.2. The third-order valence-electron chi connectivity index (χ3n) is 3.71. The highest BCUT2D eigenvalue weighted by Gasteiger charge is 2.13. The van der Waals surface area contributed by atoms with Crippen LogP contribution in [0.1, 0.15) is 19.4 Å². The first kappa shape index (κ1) is 15.0. The van der Waals surface area contributed by atoms with Crippen molar-refractivity contribution in [1.82, 2.24) is 0 Å². The molecule has 0 aliphatic rings. The molecule has 3 aromatic rings. The van der Waals surface area contributed by atoms with Crippen molar-refractivity contribution in [3.63, 3.8) is 0 Å². The van der Waals surface area contributed by atoms with Crippen LogP contribution < -0.4 is 0 Å². The number of hydrogen-bond donors (Lipinski definition) is 3. The first-order chi connectivity index (χ1) is 10.9. The molecule has 2 aromatic carbocycles. The molecule has 3 N–H and O–H groups in total. The molecule has 0 aliphatic carbocycles. The predicted octanol–water partition coefficient (Wildman–Crippen LogP) is 4.73. The fourth-order valence-electron chi connectivity index (χ4n) is 2.46. The van der Waals surface area contributed by atoms with Crippen LogP contribution in [-0.2, 0) is 6.42 Å². The van der Waals surface area contributed by atoms with Gasteiger partial charge in [-0.1, -0.05) is 11.6 Å². The summed E-state index contributed by atoms with van der Waals surface area (Å²) in [5.74, 6) is 0.702. The van der Waals surface area contributed by atoms with Crippen molar-refractivity contribution < 1.29 is 19.7 Å². The Kier molecular flexibility index (Phi) is 3.74. The molecule has 23 heavy (non-hydrogen) atoms. The summed E-state index contributed by atoms with van der Waals surface area (Å²) in [6.07, 6.45) is 2.41. The van der Waals surface area contributed by atoms with E-state index in [9.17, 15) is 15.3 Å². The second-order valence-corrected chi connectivity index (χ2v) is 5.81. The van der Waals surface area contributed by atoms with Crippen molar-refractivity contribution >= 4 is 11.0 Å². The first-order valence-corrected chi connectivity index (χ1v) is 7.35. The lowest BCUT2D eigenvalue weighted by Gasteiger charge is -2.07. The normalized spacial score (nSPS) is 10.9. The van der Waals surface area contributed by atoms with Crippen LogP contribution in [-0.4, -0.2) is 15.3 Å². The van der Waals surface area contributed by atoms with Gasteiger partial charge in [-0.05, 0) is 50.6 Å². The van der Waals surface area contributed by atoms with E-state index in [1.165, 1.54) is 6.07 Å². The Morgan fingerprint density at radius 3 is 2.35 bits per heavy atom. The van der Waals surface area contributed by atoms with Gasteiger partial charge < -0.3 is 19.7 Å². The molecule has 0 saturated carbocycles. The quantitative estimate of drug-likeness (QED) is 0.612. The van der Waals surface area contributed by atoms with Crippen LogP contribution in [0, 0.1) is 0 Å². The van der Waals surface area contributed by atoms with Gasteiger partial charge in [-0.25, -0.2) is 0 Å². The number of fused-ring (bicyclic) bond motifs is 1. The minimum atomic E-state index is 0.0285. The molecule has 0 bridgehead atoms. The summed E-state index contributed by atoms with van der Waals surface area (Å²) in [5, 5.41) is 30.7. The Balaban J connectivity index is 2.03. The minimum Gasteiger partial charge on any atom is -0.508 e. The minimum absolute atomic E-state index is 0.0285. The molecule has 1 aromatic heterocycles. The number of furan rings is 1. The van der Waals surface area contributed by atoms with E-state index < -0.39 is 0 Å². The molecule has 0 saturated heterocycles. The van der Waals surface area contributed by atoms with Gasteiger partial charge in [-0.15, -0.1) is 0 Å². The van der Waals surface area contributed by atoms with E-state index >= 15 is 0 Å². The molecule has 118 valence electrons. The molecule has 0 spiro atoms. The van der Waals surface area contributed by atoms with Gasteiger partial charge in [0.2, 0.25) is 0 Å². The van der Waals surface area contributed by atoms with Gasteiger partial charge in [0.25, 0.3) is 0 Å². The number of benzene rings is 2. The molecule has 0 radical (unpaired) electrons. The smallest absolute Gasteiger partial charge is 0.138 e. The third kappa shape index (κ3) is 3.01. The largest absolute Gasteiger partial charge is 0.508 e. The lowest BCUT2D eigenvalue weighted by molar-refractivity contribution is 0.441. The molecule has 4 nitrogen and oxygen atoms in total. The zero-order valence-electron chi connectivity index (χ0n) is 13.0. The average Bonchev–Trinajstić information content (AvgIpc) is 2.88. The standard InChI is InChI=1S/C19H18O4/c1-11(2)3-6-15-16(21)7-13(8-17(15)22)18-9-12-4-5-14(20)10-19(12)23-18/h3-5,7-10,20-22H,6H2,1-2H3. The van der Waals surface area contributed by atoms with Gasteiger partial charge >= 0.3 is 0 Å². The number of aromatic hydroxyl groups is 3. The van der Waals surface area contributed by atoms with Gasteiger partial charge in [-0.2, -0.15) is 0 Å². The van der Waals surface area contributed by atoms with Gasteiger partial charge in [0.1, 0.15) is 28.6 Å². The Hall–Kier alpha value is -2.88. The average molecular weight is 310 g/mol. The number of phenolic OH excluding ortho intramolecular Hbond substituents is 3. The molecule has 4 heteroatoms. The van der Waals surface area contributed by atoms with Gasteiger partial charge in [0.05, 0.1) is 0 Å². The van der Waals surface area contributed by atoms with E-state index in [0.717, 1.165) is 11.0 Å². The Morgan fingerprint density at radius 2 is 1.70 bits per heavy atom. The van der Waals surface area contributed by atoms with E-state index in [1.54, 1.807) is 30.3 Å². The molecule has 1 heterocycles. The van der Waals surface area contributed by atoms with Gasteiger partial charge in [-0.3, -0.25) is 0 Å². The van der Waals surface area contributed by atoms with E-state index in [0.29, 0.717) is 28.9 Å². The summed E-state index contributed by atoms with van der Waals surface area (Å²) >= 11 is 0. The first-order valence-electron chi connectivity index (χ1n) is 7.35. The second kappa shape index (κ2) is 5.72. The van der Waals surface area contributed by atoms with Crippen molar-refractivity contribution in [3.05, 3.63) is 53.6 Å². The number of rotatable bonds is 3. The highest BCUT2D eigenvalue weighted by atomic mass is 16.3. The molecule has 0 amide bonds. The lowest BCUT2D eigenvalue weighted by atomic mass is 10.0. The van der Waals surface area contributed by atoms with Gasteiger partial charge in [0.15, 0.2) is 0 Å². The van der Waals surface area contributed by atoms with Crippen molar-refractivity contribution in [2.45, 2.75) is 20.3 Å². The van der Waals surface area contributed by atoms with Crippen molar-refractivity contribution in [1.29, 1.82) is 0 Å². The highest BCUT2D eigenvalue weighted by molar-refractivity contribution is 5.84. The van der Waals surface area contributed by atoms with E-state index in [-0.39, 0.29) is 17.2 Å². The molecule has 3 rings (SSSR count). The summed E-state index contributed by atoms with van der Waals surface area (Å²) in [5.41, 5.74) is 2.73. The van der Waals surface area contributed by atoms with E-state index in [1.807, 2.05) is 19.9 Å². The Bertz CT molecular complexity index is 876. The van der Waals surface area contributed by atoms with Crippen LogP contribution in [0.2, 0.25) is 0 Å². The van der Waals surface area contributed by atoms with Crippen LogP contribution >= 0.6 is 0 Å². The summed E-state index contributed by atoms with van der Waals surface area (Å²) < 4.78 is 5.69. The van der Waals surface area contributed by atoms with Crippen LogP contribution in [0.3, 0.4) is 0 Å². The maximum Gasteiger partial charge on any atom is 0.138 e. The molecule has 0 fully saturated rings. The molecular formula is C19H18O4. The van der Waals surface area contributed by atoms with Crippen molar-refractivity contribution in [2.75, 3.05) is 0 Å². The number of hydrogen-bond acceptors (Lipinski definition) is 4. The topological polar surface area (TPSA) is 73.8 Å². The fraction of sp³-hybridized carbons (Fsp3) is 0.158. The number of allylic oxidation sites excluding steroid dienone is 2. The van der Waals surface area contributed by atoms with Gasteiger partial charge in [0, 0.05) is 22.6 Å². The SMILES string of the molecule is CC(C)=CCc1c(O)cc(-c2cc3ccc(O)cc3o2)cc1O. The van der Waals surface area contributed by atoms with Crippen molar-refractivity contribution in [3.8, 4) is 28.6 Å². The summed E-state index contributed by atoms with van der Waals surface area (Å²) in [6.45, 7) is 3.93. The van der Waals surface area contributed by atoms with Crippen LogP contribution in [0.5, 0.6) is 17.2 Å². The van der Waals surface area contributed by atoms with Crippen molar-refractivity contribution in [2.24, 2.45) is 0 Å². The maximum atomic E-state index is 10.2. The van der Waals surface area contributed by atoms with E-state index in [4.69, 9.17) is 4.42 Å². The summed E-state index contributed by atoms with van der Waals surface area (Å²) in [7, 11) is 0. The highest BCUT2D eigenvalue weighted by Crippen LogP contribution is 2.37. The zero-order chi connectivity index (χ0) is 16.6. The summed E-state index contributed by atoms with van der Waals surface area (Å²) in [4.78, 5) is 0. The second-order valence-electron chi connectivity index (χ2n) is 5.81. The van der Waals surface area contributed by atoms with E-state index in [2.05, 4.69) is 0 Å². The van der Waals surface area contributed by atoms with Crippen LogP contribution in [0.15, 0.2) is 52.5 Å². The number of phenols is 3. The predicted molar refractivity (Wildman–Crippen MR) is 89.8 cm³/mol.